The topological polar surface area (TPSA) is 23.5 Å². The van der Waals surface area contributed by atoms with E-state index in [-0.39, 0.29) is 0 Å². The molecule has 0 heterocycles. The summed E-state index contributed by atoms with van der Waals surface area (Å²) in [6.07, 6.45) is -0.466. The fourth-order valence-corrected chi connectivity index (χ4v) is 3.32. The molecule has 0 spiro atoms. The van der Waals surface area contributed by atoms with E-state index in [0.29, 0.717) is 6.54 Å². The van der Waals surface area contributed by atoms with Crippen LogP contribution in [0.25, 0.3) is 21.5 Å². The minimum Gasteiger partial charge on any atom is -0.387 e. The Bertz CT molecular complexity index is 798. The van der Waals surface area contributed by atoms with Gasteiger partial charge in [0, 0.05) is 11.0 Å². The van der Waals surface area contributed by atoms with Gasteiger partial charge in [0.25, 0.3) is 0 Å². The fourth-order valence-electron chi connectivity index (χ4n) is 2.73. The number of nitrogens with zero attached hydrogens (tertiary/aromatic N) is 1. The van der Waals surface area contributed by atoms with Gasteiger partial charge in [0.15, 0.2) is 0 Å². The molecule has 1 atom stereocenters. The molecule has 3 aromatic carbocycles. The van der Waals surface area contributed by atoms with E-state index in [0.717, 1.165) is 10.0 Å². The highest BCUT2D eigenvalue weighted by atomic mass is 79.9. The summed E-state index contributed by atoms with van der Waals surface area (Å²) in [6.45, 7) is 0.625. The Labute approximate surface area is 133 Å². The van der Waals surface area contributed by atoms with Gasteiger partial charge < -0.3 is 10.0 Å². The van der Waals surface area contributed by atoms with E-state index in [1.807, 2.05) is 31.1 Å². The lowest BCUT2D eigenvalue weighted by Gasteiger charge is -2.17. The molecule has 108 valence electrons. The van der Waals surface area contributed by atoms with E-state index in [9.17, 15) is 5.11 Å². The summed E-state index contributed by atoms with van der Waals surface area (Å²) < 4.78 is 1.10. The van der Waals surface area contributed by atoms with Crippen LogP contribution in [0.3, 0.4) is 0 Å². The zero-order chi connectivity index (χ0) is 15.0. The highest BCUT2D eigenvalue weighted by Crippen LogP contribution is 2.33. The van der Waals surface area contributed by atoms with Crippen molar-refractivity contribution in [2.75, 3.05) is 20.6 Å². The summed E-state index contributed by atoms with van der Waals surface area (Å²) >= 11 is 3.64. The number of hydrogen-bond donors (Lipinski definition) is 1. The maximum absolute atomic E-state index is 10.3. The first kappa shape index (κ1) is 14.5. The molecular formula is C18H18BrNO. The number of hydrogen-bond acceptors (Lipinski definition) is 2. The van der Waals surface area contributed by atoms with Gasteiger partial charge in [-0.1, -0.05) is 52.3 Å². The third-order valence-electron chi connectivity index (χ3n) is 3.76. The molecule has 0 saturated carbocycles. The molecule has 0 bridgehead atoms. The quantitative estimate of drug-likeness (QED) is 0.714. The van der Waals surface area contributed by atoms with E-state index in [1.165, 1.54) is 21.5 Å². The van der Waals surface area contributed by atoms with Crippen molar-refractivity contribution in [1.82, 2.24) is 4.90 Å². The minimum atomic E-state index is -0.466. The van der Waals surface area contributed by atoms with Gasteiger partial charge in [0.1, 0.15) is 0 Å². The molecule has 3 aromatic rings. The molecule has 0 saturated heterocycles. The number of benzene rings is 3. The molecular weight excluding hydrogens is 326 g/mol. The van der Waals surface area contributed by atoms with Gasteiger partial charge in [-0.25, -0.2) is 0 Å². The van der Waals surface area contributed by atoms with E-state index in [4.69, 9.17) is 0 Å². The monoisotopic (exact) mass is 343 g/mol. The molecule has 1 N–H and O–H groups in total. The van der Waals surface area contributed by atoms with Crippen molar-refractivity contribution in [2.45, 2.75) is 6.10 Å². The number of rotatable bonds is 3. The smallest absolute Gasteiger partial charge is 0.0916 e. The lowest BCUT2D eigenvalue weighted by molar-refractivity contribution is 0.138. The Morgan fingerprint density at radius 1 is 1.00 bits per heavy atom. The van der Waals surface area contributed by atoms with Gasteiger partial charge in [0.05, 0.1) is 6.10 Å². The molecule has 0 aliphatic heterocycles. The van der Waals surface area contributed by atoms with Crippen LogP contribution in [0.5, 0.6) is 0 Å². The number of halogens is 1. The van der Waals surface area contributed by atoms with Crippen molar-refractivity contribution in [2.24, 2.45) is 0 Å². The zero-order valence-electron chi connectivity index (χ0n) is 12.2. The molecule has 2 nitrogen and oxygen atoms in total. The first-order valence-electron chi connectivity index (χ1n) is 7.00. The first-order chi connectivity index (χ1) is 10.1. The largest absolute Gasteiger partial charge is 0.387 e. The van der Waals surface area contributed by atoms with Crippen molar-refractivity contribution in [1.29, 1.82) is 0 Å². The Hall–Kier alpha value is -1.42. The van der Waals surface area contributed by atoms with Crippen LogP contribution < -0.4 is 0 Å². The predicted molar refractivity (Wildman–Crippen MR) is 92.7 cm³/mol. The molecule has 0 aromatic heterocycles. The van der Waals surface area contributed by atoms with Crippen molar-refractivity contribution >= 4 is 37.5 Å². The van der Waals surface area contributed by atoms with Gasteiger partial charge in [0.2, 0.25) is 0 Å². The van der Waals surface area contributed by atoms with Gasteiger partial charge in [-0.05, 0) is 53.3 Å². The number of aliphatic hydroxyl groups excluding tert-OH is 1. The van der Waals surface area contributed by atoms with Crippen LogP contribution >= 0.6 is 15.9 Å². The molecule has 0 aliphatic rings. The Morgan fingerprint density at radius 3 is 2.43 bits per heavy atom. The summed E-state index contributed by atoms with van der Waals surface area (Å²) in [5.74, 6) is 0. The van der Waals surface area contributed by atoms with E-state index >= 15 is 0 Å². The second kappa shape index (κ2) is 5.76. The van der Waals surface area contributed by atoms with Crippen LogP contribution in [0, 0.1) is 0 Å². The average Bonchev–Trinajstić information content (AvgIpc) is 2.46. The highest BCUT2D eigenvalue weighted by molar-refractivity contribution is 9.10. The lowest BCUT2D eigenvalue weighted by Crippen LogP contribution is -2.19. The lowest BCUT2D eigenvalue weighted by atomic mass is 9.98. The maximum atomic E-state index is 10.3. The zero-order valence-corrected chi connectivity index (χ0v) is 13.8. The van der Waals surface area contributed by atoms with Gasteiger partial charge in [-0.3, -0.25) is 0 Å². The van der Waals surface area contributed by atoms with Crippen LogP contribution in [0.1, 0.15) is 11.7 Å². The summed E-state index contributed by atoms with van der Waals surface area (Å²) in [6, 6.07) is 16.7. The minimum absolute atomic E-state index is 0.466. The Kier molecular flexibility index (Phi) is 3.98. The number of likely N-dealkylation sites (N-methyl/N-ethyl adjacent to an activating group) is 1. The SMILES string of the molecule is CN(C)CC(O)c1ccc2cc(Br)c3ccccc3c2c1. The van der Waals surface area contributed by atoms with Crippen molar-refractivity contribution < 1.29 is 5.11 Å². The van der Waals surface area contributed by atoms with Gasteiger partial charge >= 0.3 is 0 Å². The van der Waals surface area contributed by atoms with Crippen LogP contribution in [0.4, 0.5) is 0 Å². The normalized spacial score (nSPS) is 13.2. The summed E-state index contributed by atoms with van der Waals surface area (Å²) in [5, 5.41) is 15.1. The molecule has 21 heavy (non-hydrogen) atoms. The molecule has 0 fully saturated rings. The van der Waals surface area contributed by atoms with Crippen molar-refractivity contribution in [3.8, 4) is 0 Å². The molecule has 3 heteroatoms. The van der Waals surface area contributed by atoms with Gasteiger partial charge in [-0.2, -0.15) is 0 Å². The average molecular weight is 344 g/mol. The second-order valence-electron chi connectivity index (χ2n) is 5.66. The standard InChI is InChI=1S/C18H18BrNO/c1-20(2)11-18(21)13-8-7-12-10-17(19)15-6-4-3-5-14(15)16(12)9-13/h3-10,18,21H,11H2,1-2H3. The molecule has 3 rings (SSSR count). The van der Waals surface area contributed by atoms with E-state index < -0.39 is 6.10 Å². The molecule has 1 unspecified atom stereocenters. The summed E-state index contributed by atoms with van der Waals surface area (Å²) in [5.41, 5.74) is 0.962. The third kappa shape index (κ3) is 2.82. The van der Waals surface area contributed by atoms with Crippen molar-refractivity contribution in [3.05, 3.63) is 58.6 Å². The Balaban J connectivity index is 2.20. The highest BCUT2D eigenvalue weighted by Gasteiger charge is 2.11. The van der Waals surface area contributed by atoms with Crippen molar-refractivity contribution in [3.63, 3.8) is 0 Å². The second-order valence-corrected chi connectivity index (χ2v) is 6.52. The van der Waals surface area contributed by atoms with Crippen LogP contribution in [0.2, 0.25) is 0 Å². The van der Waals surface area contributed by atoms with E-state index in [1.54, 1.807) is 0 Å². The summed E-state index contributed by atoms with van der Waals surface area (Å²) in [4.78, 5) is 1.99. The number of aliphatic hydroxyl groups is 1. The molecule has 0 radical (unpaired) electrons. The summed E-state index contributed by atoms with van der Waals surface area (Å²) in [7, 11) is 3.94. The van der Waals surface area contributed by atoms with E-state index in [2.05, 4.69) is 52.3 Å². The predicted octanol–water partition coefficient (Wildman–Crippen LogP) is 4.35. The van der Waals surface area contributed by atoms with Crippen LogP contribution in [0.15, 0.2) is 53.0 Å². The first-order valence-corrected chi connectivity index (χ1v) is 7.79. The third-order valence-corrected chi connectivity index (χ3v) is 4.41. The van der Waals surface area contributed by atoms with Gasteiger partial charge in [-0.15, -0.1) is 0 Å². The molecule has 0 aliphatic carbocycles. The fraction of sp³-hybridized carbons (Fsp3) is 0.222. The number of fused-ring (bicyclic) bond motifs is 3. The Morgan fingerprint density at radius 2 is 1.71 bits per heavy atom. The van der Waals surface area contributed by atoms with Crippen LogP contribution in [-0.4, -0.2) is 30.6 Å². The maximum Gasteiger partial charge on any atom is 0.0916 e. The molecule has 0 amide bonds. The van der Waals surface area contributed by atoms with Crippen LogP contribution in [-0.2, 0) is 0 Å².